The van der Waals surface area contributed by atoms with Crippen molar-refractivity contribution < 1.29 is 14.4 Å². The SMILES string of the molecule is COc1nc2c(c(N3CCN(OC(=O)c4ccccc4)CC3)n1)CCCNC2. The minimum atomic E-state index is -0.322. The van der Waals surface area contributed by atoms with Crippen LogP contribution in [-0.4, -0.2) is 60.8 Å². The highest BCUT2D eigenvalue weighted by atomic mass is 16.7. The maximum absolute atomic E-state index is 12.3. The van der Waals surface area contributed by atoms with Crippen molar-refractivity contribution in [2.24, 2.45) is 0 Å². The van der Waals surface area contributed by atoms with E-state index in [0.29, 0.717) is 24.7 Å². The van der Waals surface area contributed by atoms with Gasteiger partial charge in [0.2, 0.25) is 0 Å². The largest absolute Gasteiger partial charge is 0.467 e. The number of carbonyl (C=O) groups is 1. The van der Waals surface area contributed by atoms with Crippen molar-refractivity contribution in [2.75, 3.05) is 44.7 Å². The van der Waals surface area contributed by atoms with Gasteiger partial charge in [-0.15, -0.1) is 5.06 Å². The summed E-state index contributed by atoms with van der Waals surface area (Å²) in [6.45, 7) is 4.40. The first-order valence-corrected chi connectivity index (χ1v) is 9.66. The second kappa shape index (κ2) is 8.53. The van der Waals surface area contributed by atoms with E-state index in [2.05, 4.69) is 20.2 Å². The Kier molecular flexibility index (Phi) is 5.68. The van der Waals surface area contributed by atoms with Gasteiger partial charge in [-0.2, -0.15) is 9.97 Å². The zero-order valence-corrected chi connectivity index (χ0v) is 16.1. The predicted molar refractivity (Wildman–Crippen MR) is 104 cm³/mol. The lowest BCUT2D eigenvalue weighted by Gasteiger charge is -2.35. The summed E-state index contributed by atoms with van der Waals surface area (Å²) in [5.74, 6) is 0.622. The van der Waals surface area contributed by atoms with Crippen LogP contribution >= 0.6 is 0 Å². The lowest BCUT2D eigenvalue weighted by atomic mass is 10.1. The van der Waals surface area contributed by atoms with E-state index < -0.39 is 0 Å². The third-order valence-corrected chi connectivity index (χ3v) is 5.07. The van der Waals surface area contributed by atoms with Crippen molar-refractivity contribution in [2.45, 2.75) is 19.4 Å². The second-order valence-corrected chi connectivity index (χ2v) is 6.90. The zero-order chi connectivity index (χ0) is 19.3. The molecular weight excluding hydrogens is 358 g/mol. The average molecular weight is 383 g/mol. The lowest BCUT2D eigenvalue weighted by Crippen LogP contribution is -2.47. The Hall–Kier alpha value is -2.71. The Labute approximate surface area is 164 Å². The first-order valence-electron chi connectivity index (χ1n) is 9.66. The van der Waals surface area contributed by atoms with Gasteiger partial charge >= 0.3 is 12.0 Å². The molecule has 2 aromatic rings. The minimum Gasteiger partial charge on any atom is -0.467 e. The number of fused-ring (bicyclic) bond motifs is 1. The van der Waals surface area contributed by atoms with E-state index in [-0.39, 0.29) is 5.97 Å². The van der Waals surface area contributed by atoms with E-state index in [1.165, 1.54) is 5.56 Å². The van der Waals surface area contributed by atoms with Crippen LogP contribution < -0.4 is 15.0 Å². The molecule has 0 bridgehead atoms. The molecule has 8 heteroatoms. The van der Waals surface area contributed by atoms with Crippen LogP contribution in [0.15, 0.2) is 30.3 Å². The minimum absolute atomic E-state index is 0.322. The number of hydroxylamine groups is 2. The molecule has 1 fully saturated rings. The average Bonchev–Trinajstić information content (AvgIpc) is 2.99. The molecule has 0 saturated carbocycles. The molecule has 0 atom stereocenters. The number of benzene rings is 1. The van der Waals surface area contributed by atoms with Gasteiger partial charge in [-0.25, -0.2) is 4.79 Å². The van der Waals surface area contributed by atoms with Crippen LogP contribution in [0.3, 0.4) is 0 Å². The number of hydrogen-bond acceptors (Lipinski definition) is 8. The quantitative estimate of drug-likeness (QED) is 0.849. The van der Waals surface area contributed by atoms with Gasteiger partial charge in [-0.05, 0) is 31.5 Å². The molecule has 1 aromatic heterocycles. The zero-order valence-electron chi connectivity index (χ0n) is 16.1. The number of piperazine rings is 1. The molecule has 0 spiro atoms. The molecule has 0 unspecified atom stereocenters. The molecule has 3 heterocycles. The number of anilines is 1. The van der Waals surface area contributed by atoms with Crippen LogP contribution in [0.25, 0.3) is 0 Å². The molecule has 2 aliphatic rings. The number of methoxy groups -OCH3 is 1. The van der Waals surface area contributed by atoms with E-state index >= 15 is 0 Å². The van der Waals surface area contributed by atoms with Gasteiger partial charge < -0.3 is 19.8 Å². The van der Waals surface area contributed by atoms with Crippen molar-refractivity contribution >= 4 is 11.8 Å². The normalized spacial score (nSPS) is 17.5. The third kappa shape index (κ3) is 4.07. The molecule has 0 amide bonds. The van der Waals surface area contributed by atoms with Gasteiger partial charge in [0, 0.05) is 25.2 Å². The molecule has 1 aromatic carbocycles. The Morgan fingerprint density at radius 1 is 1.11 bits per heavy atom. The summed E-state index contributed by atoms with van der Waals surface area (Å²) in [6, 6.07) is 9.46. The Morgan fingerprint density at radius 2 is 1.89 bits per heavy atom. The molecule has 1 N–H and O–H groups in total. The van der Waals surface area contributed by atoms with Crippen LogP contribution in [0.5, 0.6) is 6.01 Å². The van der Waals surface area contributed by atoms with Crippen molar-refractivity contribution in [1.82, 2.24) is 20.3 Å². The fourth-order valence-electron chi connectivity index (χ4n) is 3.58. The Morgan fingerprint density at radius 3 is 2.64 bits per heavy atom. The molecule has 8 nitrogen and oxygen atoms in total. The highest BCUT2D eigenvalue weighted by Crippen LogP contribution is 2.27. The van der Waals surface area contributed by atoms with Crippen LogP contribution in [0.4, 0.5) is 5.82 Å². The summed E-state index contributed by atoms with van der Waals surface area (Å²) in [5.41, 5.74) is 2.76. The summed E-state index contributed by atoms with van der Waals surface area (Å²) < 4.78 is 5.32. The van der Waals surface area contributed by atoms with Crippen molar-refractivity contribution in [3.63, 3.8) is 0 Å². The molecule has 2 aliphatic heterocycles. The van der Waals surface area contributed by atoms with Gasteiger partial charge in [0.25, 0.3) is 0 Å². The Bertz CT molecular complexity index is 822. The molecule has 28 heavy (non-hydrogen) atoms. The number of nitrogens with zero attached hydrogens (tertiary/aromatic N) is 4. The van der Waals surface area contributed by atoms with Crippen molar-refractivity contribution in [3.8, 4) is 6.01 Å². The molecule has 4 rings (SSSR count). The lowest BCUT2D eigenvalue weighted by molar-refractivity contribution is -0.112. The molecule has 0 aliphatic carbocycles. The predicted octanol–water partition coefficient (Wildman–Crippen LogP) is 1.41. The Balaban J connectivity index is 1.44. The fraction of sp³-hybridized carbons (Fsp3) is 0.450. The standard InChI is InChI=1S/C20H25N5O3/c1-27-20-22-17-14-21-9-5-8-16(17)18(23-20)24-10-12-25(13-11-24)28-19(26)15-6-3-2-4-7-15/h2-4,6-7,21H,5,8-14H2,1H3. The number of nitrogens with one attached hydrogen (secondary N) is 1. The molecule has 1 saturated heterocycles. The summed E-state index contributed by atoms with van der Waals surface area (Å²) in [4.78, 5) is 29.2. The highest BCUT2D eigenvalue weighted by molar-refractivity contribution is 5.89. The van der Waals surface area contributed by atoms with Gasteiger partial charge in [0.15, 0.2) is 0 Å². The van der Waals surface area contributed by atoms with Gasteiger partial charge in [-0.1, -0.05) is 18.2 Å². The number of aromatic nitrogens is 2. The maximum Gasteiger partial charge on any atom is 0.357 e. The monoisotopic (exact) mass is 383 g/mol. The second-order valence-electron chi connectivity index (χ2n) is 6.90. The topological polar surface area (TPSA) is 79.8 Å². The van der Waals surface area contributed by atoms with Gasteiger partial charge in [-0.3, -0.25) is 0 Å². The first-order chi connectivity index (χ1) is 13.7. The fourth-order valence-corrected chi connectivity index (χ4v) is 3.58. The number of hydrogen-bond donors (Lipinski definition) is 1. The van der Waals surface area contributed by atoms with E-state index in [1.54, 1.807) is 24.3 Å². The van der Waals surface area contributed by atoms with E-state index in [4.69, 9.17) is 9.57 Å². The molecule has 0 radical (unpaired) electrons. The van der Waals surface area contributed by atoms with E-state index in [9.17, 15) is 4.79 Å². The third-order valence-electron chi connectivity index (χ3n) is 5.07. The number of ether oxygens (including phenoxy) is 1. The number of carbonyl (C=O) groups excluding carboxylic acids is 1. The maximum atomic E-state index is 12.3. The van der Waals surface area contributed by atoms with Crippen molar-refractivity contribution in [3.05, 3.63) is 47.2 Å². The van der Waals surface area contributed by atoms with Crippen LogP contribution in [0, 0.1) is 0 Å². The summed E-state index contributed by atoms with van der Waals surface area (Å²) >= 11 is 0. The molecular formula is C20H25N5O3. The smallest absolute Gasteiger partial charge is 0.357 e. The molecule has 148 valence electrons. The van der Waals surface area contributed by atoms with Crippen LogP contribution in [-0.2, 0) is 17.8 Å². The van der Waals surface area contributed by atoms with Crippen LogP contribution in [0.1, 0.15) is 28.0 Å². The van der Waals surface area contributed by atoms with Gasteiger partial charge in [0.1, 0.15) is 5.82 Å². The first kappa shape index (κ1) is 18.6. The summed E-state index contributed by atoms with van der Waals surface area (Å²) in [6.07, 6.45) is 2.01. The highest BCUT2D eigenvalue weighted by Gasteiger charge is 2.26. The van der Waals surface area contributed by atoms with Gasteiger partial charge in [0.05, 0.1) is 31.5 Å². The van der Waals surface area contributed by atoms with Crippen LogP contribution in [0.2, 0.25) is 0 Å². The van der Waals surface area contributed by atoms with Crippen molar-refractivity contribution in [1.29, 1.82) is 0 Å². The van der Waals surface area contributed by atoms with E-state index in [0.717, 1.165) is 50.5 Å². The van der Waals surface area contributed by atoms with E-state index in [1.807, 2.05) is 18.2 Å². The summed E-state index contributed by atoms with van der Waals surface area (Å²) in [5, 5.41) is 5.13. The number of rotatable bonds is 4. The summed E-state index contributed by atoms with van der Waals surface area (Å²) in [7, 11) is 1.59.